The number of rotatable bonds is 8. The molecule has 2 atom stereocenters. The van der Waals surface area contributed by atoms with Gasteiger partial charge in [-0.1, -0.05) is 160 Å². The smallest absolute Gasteiger partial charge is 0.145 e. The Bertz CT molecular complexity index is 3020. The maximum Gasteiger partial charge on any atom is 0.145 e. The predicted molar refractivity (Wildman–Crippen MR) is 250 cm³/mol. The van der Waals surface area contributed by atoms with Crippen LogP contribution in [0.3, 0.4) is 0 Å². The van der Waals surface area contributed by atoms with Crippen molar-refractivity contribution in [1.29, 1.82) is 0 Å². The zero-order chi connectivity index (χ0) is 39.9. The van der Waals surface area contributed by atoms with E-state index in [1.54, 1.807) is 0 Å². The lowest BCUT2D eigenvalue weighted by Crippen LogP contribution is -2.35. The molecule has 2 nitrogen and oxygen atoms in total. The van der Waals surface area contributed by atoms with Gasteiger partial charge >= 0.3 is 0 Å². The molecule has 1 heterocycles. The highest BCUT2D eigenvalue weighted by Gasteiger charge is 2.26. The average Bonchev–Trinajstić information content (AvgIpc) is 3.67. The van der Waals surface area contributed by atoms with Crippen molar-refractivity contribution >= 4 is 34.3 Å². The second kappa shape index (κ2) is 15.5. The first-order valence-electron chi connectivity index (χ1n) is 21.1. The SMILES string of the molecule is C=CC/C=C\C=C1/CC(C2=Cc3ccccc3CC2C)=c2ccc(-c3ccc(-c4nc5ccccc5n4-c4ccccc4)cc3)cc2=C1c1ccc2c(c1)C=CC[C@@H]2C. The topological polar surface area (TPSA) is 17.8 Å². The van der Waals surface area contributed by atoms with Crippen LogP contribution >= 0.6 is 0 Å². The van der Waals surface area contributed by atoms with Crippen molar-refractivity contribution in [2.45, 2.75) is 45.4 Å². The fourth-order valence-corrected chi connectivity index (χ4v) is 9.55. The van der Waals surface area contributed by atoms with E-state index in [1.165, 1.54) is 71.7 Å². The minimum atomic E-state index is 0.412. The van der Waals surface area contributed by atoms with Crippen LogP contribution in [0.15, 0.2) is 188 Å². The van der Waals surface area contributed by atoms with Crippen molar-refractivity contribution in [3.05, 3.63) is 226 Å². The third-order valence-electron chi connectivity index (χ3n) is 12.6. The summed E-state index contributed by atoms with van der Waals surface area (Å²) in [5, 5.41) is 2.63. The fraction of sp³-hybridized carbons (Fsp3) is 0.140. The van der Waals surface area contributed by atoms with Gasteiger partial charge in [-0.2, -0.15) is 0 Å². The number of para-hydroxylation sites is 3. The molecule has 10 rings (SSSR count). The Hall–Kier alpha value is -6.77. The van der Waals surface area contributed by atoms with Gasteiger partial charge in [-0.05, 0) is 146 Å². The normalized spacial score (nSPS) is 17.9. The van der Waals surface area contributed by atoms with E-state index in [9.17, 15) is 0 Å². The third-order valence-corrected chi connectivity index (χ3v) is 12.6. The first-order valence-corrected chi connectivity index (χ1v) is 21.1. The van der Waals surface area contributed by atoms with Crippen LogP contribution in [0.2, 0.25) is 0 Å². The van der Waals surface area contributed by atoms with Gasteiger partial charge in [-0.15, -0.1) is 6.58 Å². The molecule has 0 saturated heterocycles. The molecule has 3 aliphatic rings. The molecule has 0 aliphatic heterocycles. The highest BCUT2D eigenvalue weighted by Crippen LogP contribution is 2.40. The number of aromatic nitrogens is 2. The van der Waals surface area contributed by atoms with Crippen molar-refractivity contribution in [2.24, 2.45) is 5.92 Å². The number of hydrogen-bond donors (Lipinski definition) is 0. The zero-order valence-corrected chi connectivity index (χ0v) is 33.9. The number of imidazole rings is 1. The molecule has 0 spiro atoms. The minimum Gasteiger partial charge on any atom is -0.292 e. The standard InChI is InChI=1S/C57H48N2/c1-4-5-6-8-19-46-37-52(51-35-43-18-12-11-17-42(43)33-39(51)3)50-32-29-44(36-53(50)56(46)47-30-31-49-38(2)16-15-20-45(49)34-47)40-25-27-41(28-26-40)57-58-54-23-13-14-24-55(54)59(57)48-21-9-7-10-22-48/h4,6-15,17-32,34-36,38-39H,1,5,16,33,37H2,2-3H3/b8-6-,46-19+/t38-,39?/m0/s1. The van der Waals surface area contributed by atoms with E-state index >= 15 is 0 Å². The van der Waals surface area contributed by atoms with Gasteiger partial charge in [0.1, 0.15) is 5.82 Å². The van der Waals surface area contributed by atoms with Gasteiger partial charge in [0.15, 0.2) is 0 Å². The summed E-state index contributed by atoms with van der Waals surface area (Å²) in [7, 11) is 0. The second-order valence-electron chi connectivity index (χ2n) is 16.4. The van der Waals surface area contributed by atoms with Crippen LogP contribution in [-0.4, -0.2) is 9.55 Å². The highest BCUT2D eigenvalue weighted by atomic mass is 15.1. The van der Waals surface area contributed by atoms with Gasteiger partial charge in [-0.25, -0.2) is 4.98 Å². The molecule has 0 N–H and O–H groups in total. The highest BCUT2D eigenvalue weighted by molar-refractivity contribution is 5.90. The molecule has 0 bridgehead atoms. The molecule has 0 amide bonds. The van der Waals surface area contributed by atoms with Crippen LogP contribution in [0.25, 0.3) is 62.5 Å². The van der Waals surface area contributed by atoms with Crippen LogP contribution in [-0.2, 0) is 6.42 Å². The van der Waals surface area contributed by atoms with Crippen LogP contribution in [0.5, 0.6) is 0 Å². The largest absolute Gasteiger partial charge is 0.292 e. The van der Waals surface area contributed by atoms with Crippen molar-refractivity contribution in [3.8, 4) is 28.2 Å². The summed E-state index contributed by atoms with van der Waals surface area (Å²) >= 11 is 0. The maximum atomic E-state index is 5.14. The van der Waals surface area contributed by atoms with Gasteiger partial charge < -0.3 is 0 Å². The van der Waals surface area contributed by atoms with Crippen molar-refractivity contribution in [1.82, 2.24) is 9.55 Å². The zero-order valence-electron chi connectivity index (χ0n) is 33.9. The summed E-state index contributed by atoms with van der Waals surface area (Å²) in [4.78, 5) is 5.14. The lowest BCUT2D eigenvalue weighted by molar-refractivity contribution is 0.687. The Kier molecular flexibility index (Phi) is 9.62. The molecule has 0 saturated carbocycles. The summed E-state index contributed by atoms with van der Waals surface area (Å²) in [5.41, 5.74) is 19.0. The van der Waals surface area contributed by atoms with Crippen molar-refractivity contribution in [3.63, 3.8) is 0 Å². The molecule has 1 unspecified atom stereocenters. The Morgan fingerprint density at radius 1 is 0.712 bits per heavy atom. The minimum absolute atomic E-state index is 0.412. The molecule has 3 aliphatic carbocycles. The Morgan fingerprint density at radius 3 is 2.34 bits per heavy atom. The summed E-state index contributed by atoms with van der Waals surface area (Å²) in [5.74, 6) is 1.87. The molecule has 286 valence electrons. The Balaban J connectivity index is 1.18. The molecule has 0 fully saturated rings. The summed E-state index contributed by atoms with van der Waals surface area (Å²) in [6.07, 6.45) is 19.8. The van der Waals surface area contributed by atoms with Gasteiger partial charge in [0.05, 0.1) is 11.0 Å². The summed E-state index contributed by atoms with van der Waals surface area (Å²) < 4.78 is 2.27. The molecule has 6 aromatic carbocycles. The van der Waals surface area contributed by atoms with Crippen molar-refractivity contribution in [2.75, 3.05) is 0 Å². The van der Waals surface area contributed by atoms with E-state index in [2.05, 4.69) is 201 Å². The number of allylic oxidation sites excluding steroid dienone is 7. The van der Waals surface area contributed by atoms with E-state index in [0.29, 0.717) is 11.8 Å². The molecule has 1 aromatic heterocycles. The molecule has 0 radical (unpaired) electrons. The number of fused-ring (bicyclic) bond motifs is 4. The van der Waals surface area contributed by atoms with Crippen LogP contribution in [0, 0.1) is 5.92 Å². The molecule has 59 heavy (non-hydrogen) atoms. The van der Waals surface area contributed by atoms with E-state index in [1.807, 2.05) is 6.08 Å². The summed E-state index contributed by atoms with van der Waals surface area (Å²) in [6, 6.07) is 51.2. The van der Waals surface area contributed by atoms with E-state index < -0.39 is 0 Å². The average molecular weight is 761 g/mol. The van der Waals surface area contributed by atoms with Crippen LogP contribution in [0.1, 0.15) is 66.8 Å². The van der Waals surface area contributed by atoms with Gasteiger partial charge in [0.2, 0.25) is 0 Å². The van der Waals surface area contributed by atoms with Crippen molar-refractivity contribution < 1.29 is 0 Å². The van der Waals surface area contributed by atoms with E-state index in [4.69, 9.17) is 4.98 Å². The predicted octanol–water partition coefficient (Wildman–Crippen LogP) is 13.0. The maximum absolute atomic E-state index is 5.14. The monoisotopic (exact) mass is 760 g/mol. The first-order chi connectivity index (χ1) is 29.0. The van der Waals surface area contributed by atoms with Gasteiger partial charge in [-0.3, -0.25) is 4.57 Å². The number of hydrogen-bond acceptors (Lipinski definition) is 1. The quantitative estimate of drug-likeness (QED) is 0.141. The summed E-state index contributed by atoms with van der Waals surface area (Å²) in [6.45, 7) is 8.72. The van der Waals surface area contributed by atoms with E-state index in [-0.39, 0.29) is 0 Å². The lowest BCUT2D eigenvalue weighted by Gasteiger charge is -2.29. The molecular weight excluding hydrogens is 713 g/mol. The van der Waals surface area contributed by atoms with Gasteiger partial charge in [0.25, 0.3) is 0 Å². The second-order valence-corrected chi connectivity index (χ2v) is 16.4. The molecule has 7 aromatic rings. The fourth-order valence-electron chi connectivity index (χ4n) is 9.55. The first kappa shape index (κ1) is 36.6. The third kappa shape index (κ3) is 6.79. The number of benzene rings is 6. The van der Waals surface area contributed by atoms with Crippen LogP contribution < -0.4 is 10.4 Å². The lowest BCUT2D eigenvalue weighted by atomic mass is 9.75. The Morgan fingerprint density at radius 2 is 1.47 bits per heavy atom. The van der Waals surface area contributed by atoms with Gasteiger partial charge in [0, 0.05) is 11.3 Å². The number of nitrogens with zero attached hydrogens (tertiary/aromatic N) is 2. The molecule has 2 heteroatoms. The Labute approximate surface area is 347 Å². The molecular formula is C57H48N2. The van der Waals surface area contributed by atoms with E-state index in [0.717, 1.165) is 53.8 Å². The van der Waals surface area contributed by atoms with Crippen LogP contribution in [0.4, 0.5) is 0 Å².